The molecule has 152 valence electrons. The van der Waals surface area contributed by atoms with E-state index in [0.29, 0.717) is 12.1 Å². The van der Waals surface area contributed by atoms with E-state index < -0.39 is 15.8 Å². The summed E-state index contributed by atoms with van der Waals surface area (Å²) in [6, 6.07) is 15.8. The molecule has 9 heteroatoms. The first-order chi connectivity index (χ1) is 13.9. The van der Waals surface area contributed by atoms with Gasteiger partial charge in [-0.25, -0.2) is 22.2 Å². The van der Waals surface area contributed by atoms with E-state index in [0.717, 1.165) is 17.7 Å². The molecule has 1 aromatic heterocycles. The Morgan fingerprint density at radius 3 is 2.59 bits per heavy atom. The van der Waals surface area contributed by atoms with E-state index in [1.807, 2.05) is 30.3 Å². The maximum Gasteiger partial charge on any atom is 0.266 e. The maximum atomic E-state index is 13.5. The lowest BCUT2D eigenvalue weighted by molar-refractivity contribution is 0.400. The smallest absolute Gasteiger partial charge is 0.266 e. The number of halogens is 1. The van der Waals surface area contributed by atoms with Crippen molar-refractivity contribution in [1.29, 1.82) is 0 Å². The van der Waals surface area contributed by atoms with Gasteiger partial charge in [0.25, 0.3) is 5.56 Å². The van der Waals surface area contributed by atoms with Gasteiger partial charge >= 0.3 is 0 Å². The molecule has 0 spiro atoms. The molecule has 0 saturated carbocycles. The summed E-state index contributed by atoms with van der Waals surface area (Å²) in [5, 5.41) is 4.33. The van der Waals surface area contributed by atoms with Crippen molar-refractivity contribution in [2.75, 3.05) is 13.7 Å². The fraction of sp³-hybridized carbons (Fsp3) is 0.200. The van der Waals surface area contributed by atoms with Crippen molar-refractivity contribution in [1.82, 2.24) is 14.5 Å². The highest BCUT2D eigenvalue weighted by atomic mass is 32.2. The van der Waals surface area contributed by atoms with Gasteiger partial charge in [-0.15, -0.1) is 0 Å². The van der Waals surface area contributed by atoms with Gasteiger partial charge in [-0.1, -0.05) is 30.3 Å². The van der Waals surface area contributed by atoms with E-state index in [9.17, 15) is 17.6 Å². The van der Waals surface area contributed by atoms with Crippen molar-refractivity contribution in [2.24, 2.45) is 0 Å². The van der Waals surface area contributed by atoms with Crippen LogP contribution in [0.25, 0.3) is 11.3 Å². The zero-order valence-electron chi connectivity index (χ0n) is 15.7. The van der Waals surface area contributed by atoms with Crippen molar-refractivity contribution in [2.45, 2.75) is 17.9 Å². The summed E-state index contributed by atoms with van der Waals surface area (Å²) in [6.07, 6.45) is 0.321. The number of hydrogen-bond donors (Lipinski definition) is 1. The predicted octanol–water partition coefficient (Wildman–Crippen LogP) is 2.43. The molecular weight excluding hydrogens is 397 g/mol. The minimum Gasteiger partial charge on any atom is -0.495 e. The van der Waals surface area contributed by atoms with Crippen LogP contribution in [0.15, 0.2) is 70.4 Å². The van der Waals surface area contributed by atoms with Crippen LogP contribution in [0.2, 0.25) is 0 Å². The second-order valence-electron chi connectivity index (χ2n) is 6.19. The van der Waals surface area contributed by atoms with Gasteiger partial charge in [0, 0.05) is 24.7 Å². The first kappa shape index (κ1) is 20.7. The molecule has 0 saturated heterocycles. The van der Waals surface area contributed by atoms with E-state index >= 15 is 0 Å². The van der Waals surface area contributed by atoms with Crippen molar-refractivity contribution in [3.8, 4) is 17.0 Å². The Labute approximate surface area is 167 Å². The van der Waals surface area contributed by atoms with Crippen LogP contribution in [0.3, 0.4) is 0 Å². The van der Waals surface area contributed by atoms with Gasteiger partial charge in [0.05, 0.1) is 12.8 Å². The SMILES string of the molecule is COc1ccc(F)cc1S(=O)(=O)NCCCn1nc(-c2ccccc2)ccc1=O. The Balaban J connectivity index is 1.66. The third-order valence-electron chi connectivity index (χ3n) is 4.19. The molecule has 29 heavy (non-hydrogen) atoms. The number of rotatable bonds is 8. The number of sulfonamides is 1. The first-order valence-corrected chi connectivity index (χ1v) is 10.4. The highest BCUT2D eigenvalue weighted by molar-refractivity contribution is 7.89. The second-order valence-corrected chi connectivity index (χ2v) is 7.93. The molecule has 0 aliphatic rings. The van der Waals surface area contributed by atoms with Gasteiger partial charge in [0.15, 0.2) is 0 Å². The van der Waals surface area contributed by atoms with Gasteiger partial charge < -0.3 is 4.74 Å². The Hall–Kier alpha value is -3.04. The number of aromatic nitrogens is 2. The molecule has 0 amide bonds. The number of hydrogen-bond acceptors (Lipinski definition) is 5. The van der Waals surface area contributed by atoms with Crippen LogP contribution < -0.4 is 15.0 Å². The topological polar surface area (TPSA) is 90.3 Å². The summed E-state index contributed by atoms with van der Waals surface area (Å²) >= 11 is 0. The van der Waals surface area contributed by atoms with E-state index in [1.54, 1.807) is 6.07 Å². The molecule has 0 unspecified atom stereocenters. The summed E-state index contributed by atoms with van der Waals surface area (Å²) in [4.78, 5) is 11.8. The van der Waals surface area contributed by atoms with Crippen LogP contribution in [0, 0.1) is 5.82 Å². The predicted molar refractivity (Wildman–Crippen MR) is 107 cm³/mol. The molecule has 0 bridgehead atoms. The number of ether oxygens (including phenoxy) is 1. The van der Waals surface area contributed by atoms with Crippen molar-refractivity contribution in [3.63, 3.8) is 0 Å². The number of nitrogens with one attached hydrogen (secondary N) is 1. The number of nitrogens with zero attached hydrogens (tertiary/aromatic N) is 2. The van der Waals surface area contributed by atoms with Crippen LogP contribution >= 0.6 is 0 Å². The minimum atomic E-state index is -3.96. The molecule has 3 aromatic rings. The Kier molecular flexibility index (Phi) is 6.40. The molecule has 0 aliphatic heterocycles. The summed E-state index contributed by atoms with van der Waals surface area (Å²) in [6.45, 7) is 0.272. The zero-order valence-corrected chi connectivity index (χ0v) is 16.5. The van der Waals surface area contributed by atoms with Crippen molar-refractivity contribution >= 4 is 10.0 Å². The fourth-order valence-electron chi connectivity index (χ4n) is 2.75. The zero-order chi connectivity index (χ0) is 20.9. The van der Waals surface area contributed by atoms with Gasteiger partial charge in [0.1, 0.15) is 16.5 Å². The standard InChI is InChI=1S/C20H20FN3O4S/c1-28-18-10-8-16(21)14-19(18)29(26,27)22-12-5-13-24-20(25)11-9-17(23-24)15-6-3-2-4-7-15/h2-4,6-11,14,22H,5,12-13H2,1H3. The highest BCUT2D eigenvalue weighted by Crippen LogP contribution is 2.24. The van der Waals surface area contributed by atoms with Crippen molar-refractivity contribution < 1.29 is 17.5 Å². The van der Waals surface area contributed by atoms with E-state index in [-0.39, 0.29) is 29.3 Å². The molecule has 3 rings (SSSR count). The normalized spacial score (nSPS) is 11.4. The Morgan fingerprint density at radius 1 is 1.10 bits per heavy atom. The minimum absolute atomic E-state index is 0.0473. The van der Waals surface area contributed by atoms with Gasteiger partial charge in [-0.2, -0.15) is 5.10 Å². The molecule has 0 atom stereocenters. The fourth-order valence-corrected chi connectivity index (χ4v) is 4.00. The lowest BCUT2D eigenvalue weighted by atomic mass is 10.1. The first-order valence-electron chi connectivity index (χ1n) is 8.87. The molecule has 1 N–H and O–H groups in total. The van der Waals surface area contributed by atoms with Gasteiger partial charge in [-0.05, 0) is 30.7 Å². The number of benzene rings is 2. The van der Waals surface area contributed by atoms with Crippen LogP contribution in [-0.4, -0.2) is 31.9 Å². The summed E-state index contributed by atoms with van der Waals surface area (Å²) in [7, 11) is -2.65. The van der Waals surface area contributed by atoms with E-state index in [4.69, 9.17) is 4.74 Å². The summed E-state index contributed by atoms with van der Waals surface area (Å²) in [5.41, 5.74) is 1.25. The molecule has 2 aromatic carbocycles. The number of aryl methyl sites for hydroxylation is 1. The Morgan fingerprint density at radius 2 is 1.86 bits per heavy atom. The van der Waals surface area contributed by atoms with Gasteiger partial charge in [-0.3, -0.25) is 4.79 Å². The van der Waals surface area contributed by atoms with Crippen molar-refractivity contribution in [3.05, 3.63) is 76.8 Å². The lowest BCUT2D eigenvalue weighted by Crippen LogP contribution is -2.28. The lowest BCUT2D eigenvalue weighted by Gasteiger charge is -2.11. The maximum absolute atomic E-state index is 13.5. The highest BCUT2D eigenvalue weighted by Gasteiger charge is 2.19. The second kappa shape index (κ2) is 8.97. The molecule has 0 fully saturated rings. The molecule has 1 heterocycles. The van der Waals surface area contributed by atoms with E-state index in [1.165, 1.54) is 23.9 Å². The van der Waals surface area contributed by atoms with Gasteiger partial charge in [0.2, 0.25) is 10.0 Å². The molecule has 7 nitrogen and oxygen atoms in total. The van der Waals surface area contributed by atoms with Crippen LogP contribution in [0.1, 0.15) is 6.42 Å². The number of methoxy groups -OCH3 is 1. The summed E-state index contributed by atoms with van der Waals surface area (Å²) < 4.78 is 47.0. The molecule has 0 radical (unpaired) electrons. The third kappa shape index (κ3) is 5.07. The van der Waals surface area contributed by atoms with E-state index in [2.05, 4.69) is 9.82 Å². The molecular formula is C20H20FN3O4S. The van der Waals surface area contributed by atoms with Crippen LogP contribution in [0.5, 0.6) is 5.75 Å². The van der Waals surface area contributed by atoms with Crippen LogP contribution in [-0.2, 0) is 16.6 Å². The molecule has 0 aliphatic carbocycles. The monoisotopic (exact) mass is 417 g/mol. The average molecular weight is 417 g/mol. The largest absolute Gasteiger partial charge is 0.495 e. The quantitative estimate of drug-likeness (QED) is 0.569. The third-order valence-corrected chi connectivity index (χ3v) is 5.67. The Bertz CT molecular complexity index is 1150. The van der Waals surface area contributed by atoms with Crippen LogP contribution in [0.4, 0.5) is 4.39 Å². The average Bonchev–Trinajstić information content (AvgIpc) is 2.73. The summed E-state index contributed by atoms with van der Waals surface area (Å²) in [5.74, 6) is -0.632.